The predicted octanol–water partition coefficient (Wildman–Crippen LogP) is 5.23. The van der Waals surface area contributed by atoms with Gasteiger partial charge in [0, 0.05) is 47.2 Å². The fourth-order valence-corrected chi connectivity index (χ4v) is 6.00. The van der Waals surface area contributed by atoms with Gasteiger partial charge in [-0.15, -0.1) is 0 Å². The number of carbonyl (C=O) groups is 2. The number of nitro groups is 1. The molecule has 3 unspecified atom stereocenters. The number of non-ortho nitro benzene ring substituents is 1. The van der Waals surface area contributed by atoms with Gasteiger partial charge in [0.1, 0.15) is 0 Å². The van der Waals surface area contributed by atoms with E-state index in [1.54, 1.807) is 6.92 Å². The number of fused-ring (bicyclic) bond motifs is 3. The number of aromatic amines is 1. The number of anilines is 1. The van der Waals surface area contributed by atoms with Gasteiger partial charge in [-0.25, -0.2) is 4.90 Å². The smallest absolute Gasteiger partial charge is 0.269 e. The maximum atomic E-state index is 13.8. The second-order valence-electron chi connectivity index (χ2n) is 9.85. The average molecular weight is 495 g/mol. The van der Waals surface area contributed by atoms with Crippen LogP contribution in [0.5, 0.6) is 0 Å². The number of nitro benzene ring substituents is 1. The lowest BCUT2D eigenvalue weighted by atomic mass is 9.83. The van der Waals surface area contributed by atoms with Crippen molar-refractivity contribution >= 4 is 34.1 Å². The summed E-state index contributed by atoms with van der Waals surface area (Å²) >= 11 is 0. The van der Waals surface area contributed by atoms with Crippen LogP contribution in [0.4, 0.5) is 11.4 Å². The molecule has 37 heavy (non-hydrogen) atoms. The van der Waals surface area contributed by atoms with Gasteiger partial charge in [-0.3, -0.25) is 24.6 Å². The van der Waals surface area contributed by atoms with Gasteiger partial charge in [-0.05, 0) is 42.7 Å². The largest absolute Gasteiger partial charge is 0.357 e. The lowest BCUT2D eigenvalue weighted by molar-refractivity contribution is -0.384. The van der Waals surface area contributed by atoms with Gasteiger partial charge >= 0.3 is 0 Å². The average Bonchev–Trinajstić information content (AvgIpc) is 3.42. The maximum absolute atomic E-state index is 13.8. The van der Waals surface area contributed by atoms with E-state index in [1.165, 1.54) is 34.0 Å². The molecule has 4 aromatic rings. The van der Waals surface area contributed by atoms with Crippen LogP contribution in [0, 0.1) is 17.0 Å². The number of aryl methyl sites for hydroxylation is 1. The van der Waals surface area contributed by atoms with Crippen molar-refractivity contribution in [2.75, 3.05) is 11.4 Å². The van der Waals surface area contributed by atoms with Crippen LogP contribution >= 0.6 is 0 Å². The summed E-state index contributed by atoms with van der Waals surface area (Å²) in [6.07, 6.45) is 0.0661. The molecule has 1 aromatic heterocycles. The van der Waals surface area contributed by atoms with Crippen molar-refractivity contribution in [2.24, 2.45) is 0 Å². The minimum atomic E-state index is -0.622. The van der Waals surface area contributed by atoms with E-state index in [4.69, 9.17) is 0 Å². The van der Waals surface area contributed by atoms with Gasteiger partial charge in [0.15, 0.2) is 0 Å². The molecule has 2 aliphatic rings. The van der Waals surface area contributed by atoms with Crippen molar-refractivity contribution in [1.29, 1.82) is 0 Å². The van der Waals surface area contributed by atoms with Crippen LogP contribution < -0.4 is 4.90 Å². The van der Waals surface area contributed by atoms with Gasteiger partial charge in [0.05, 0.1) is 23.1 Å². The van der Waals surface area contributed by atoms with Crippen molar-refractivity contribution in [2.45, 2.75) is 38.3 Å². The Balaban J connectivity index is 1.40. The summed E-state index contributed by atoms with van der Waals surface area (Å²) in [5.74, 6) is -0.556. The highest BCUT2D eigenvalue weighted by molar-refractivity contribution is 6.22. The first-order valence-electron chi connectivity index (χ1n) is 12.4. The molecule has 0 aliphatic carbocycles. The normalized spacial score (nSPS) is 22.0. The van der Waals surface area contributed by atoms with E-state index in [-0.39, 0.29) is 35.9 Å². The zero-order valence-corrected chi connectivity index (χ0v) is 20.5. The molecule has 1 fully saturated rings. The minimum absolute atomic E-state index is 0.0293. The summed E-state index contributed by atoms with van der Waals surface area (Å²) in [6.45, 7) is 4.35. The molecule has 1 N–H and O–H groups in total. The molecule has 3 heterocycles. The van der Waals surface area contributed by atoms with Crippen molar-refractivity contribution < 1.29 is 14.5 Å². The van der Waals surface area contributed by atoms with E-state index in [0.717, 1.165) is 16.8 Å². The van der Waals surface area contributed by atoms with Crippen LogP contribution in [0.3, 0.4) is 0 Å². The quantitative estimate of drug-likeness (QED) is 0.238. The SMILES string of the molecule is Cc1cc([N+](=O)[O-])ccc1N1C(=O)CC(N2CC(c3ccccc3)c3c([nH]c4ccccc34)C2C)C1=O. The molecular formula is C29H26N4O4. The lowest BCUT2D eigenvalue weighted by Gasteiger charge is -2.41. The molecular weight excluding hydrogens is 468 g/mol. The van der Waals surface area contributed by atoms with Crippen LogP contribution in [0.2, 0.25) is 0 Å². The van der Waals surface area contributed by atoms with Gasteiger partial charge in [0.25, 0.3) is 11.6 Å². The highest BCUT2D eigenvalue weighted by Crippen LogP contribution is 2.45. The molecule has 8 nitrogen and oxygen atoms in total. The molecule has 1 saturated heterocycles. The summed E-state index contributed by atoms with van der Waals surface area (Å²) in [5, 5.41) is 12.3. The zero-order valence-electron chi connectivity index (χ0n) is 20.5. The van der Waals surface area contributed by atoms with E-state index in [9.17, 15) is 19.7 Å². The van der Waals surface area contributed by atoms with Crippen LogP contribution in [0.1, 0.15) is 47.7 Å². The van der Waals surface area contributed by atoms with Crippen LogP contribution in [-0.2, 0) is 9.59 Å². The summed E-state index contributed by atoms with van der Waals surface area (Å²) in [7, 11) is 0. The van der Waals surface area contributed by atoms with Crippen LogP contribution in [0.25, 0.3) is 10.9 Å². The van der Waals surface area contributed by atoms with E-state index in [0.29, 0.717) is 17.8 Å². The first-order valence-corrected chi connectivity index (χ1v) is 12.4. The number of benzene rings is 3. The fourth-order valence-electron chi connectivity index (χ4n) is 6.00. The van der Waals surface area contributed by atoms with Crippen molar-refractivity contribution in [3.05, 3.63) is 105 Å². The number of aromatic nitrogens is 1. The molecule has 0 bridgehead atoms. The van der Waals surface area contributed by atoms with Crippen LogP contribution in [-0.4, -0.2) is 39.2 Å². The van der Waals surface area contributed by atoms with Gasteiger partial charge in [-0.1, -0.05) is 48.5 Å². The second kappa shape index (κ2) is 8.67. The Morgan fingerprint density at radius 2 is 1.73 bits per heavy atom. The molecule has 0 spiro atoms. The number of hydrogen-bond acceptors (Lipinski definition) is 5. The highest BCUT2D eigenvalue weighted by Gasteiger charge is 2.47. The van der Waals surface area contributed by atoms with E-state index < -0.39 is 11.0 Å². The molecule has 2 aliphatic heterocycles. The number of hydrogen-bond donors (Lipinski definition) is 1. The van der Waals surface area contributed by atoms with Gasteiger partial charge in [0.2, 0.25) is 5.91 Å². The summed E-state index contributed by atoms with van der Waals surface area (Å²) in [5.41, 5.74) is 5.36. The maximum Gasteiger partial charge on any atom is 0.269 e. The number of H-pyrrole nitrogens is 1. The monoisotopic (exact) mass is 494 g/mol. The molecule has 186 valence electrons. The van der Waals surface area contributed by atoms with Crippen molar-refractivity contribution in [3.63, 3.8) is 0 Å². The van der Waals surface area contributed by atoms with E-state index in [2.05, 4.69) is 41.1 Å². The Bertz CT molecular complexity index is 1560. The second-order valence-corrected chi connectivity index (χ2v) is 9.85. The number of para-hydroxylation sites is 1. The van der Waals surface area contributed by atoms with Crippen molar-refractivity contribution in [3.8, 4) is 0 Å². The molecule has 3 atom stereocenters. The third kappa shape index (κ3) is 3.64. The molecule has 0 saturated carbocycles. The van der Waals surface area contributed by atoms with Crippen molar-refractivity contribution in [1.82, 2.24) is 9.88 Å². The Morgan fingerprint density at radius 3 is 2.46 bits per heavy atom. The third-order valence-corrected chi connectivity index (χ3v) is 7.79. The number of amides is 2. The third-order valence-electron chi connectivity index (χ3n) is 7.79. The molecule has 3 aromatic carbocycles. The zero-order chi connectivity index (χ0) is 25.8. The minimum Gasteiger partial charge on any atom is -0.357 e. The number of carbonyl (C=O) groups excluding carboxylic acids is 2. The molecule has 0 radical (unpaired) electrons. The number of rotatable bonds is 4. The Kier molecular flexibility index (Phi) is 5.42. The predicted molar refractivity (Wildman–Crippen MR) is 140 cm³/mol. The highest BCUT2D eigenvalue weighted by atomic mass is 16.6. The lowest BCUT2D eigenvalue weighted by Crippen LogP contribution is -2.47. The van der Waals surface area contributed by atoms with E-state index in [1.807, 2.05) is 30.3 Å². The summed E-state index contributed by atoms with van der Waals surface area (Å²) < 4.78 is 0. The summed E-state index contributed by atoms with van der Waals surface area (Å²) in [4.78, 5) is 44.6. The topological polar surface area (TPSA) is 99.5 Å². The Hall–Kier alpha value is -4.30. The standard InChI is InChI=1S/C29H26N4O4/c1-17-14-20(33(36)37)12-13-24(17)32-26(34)15-25(29(32)35)31-16-22(19-8-4-3-5-9-19)27-21-10-6-7-11-23(21)30-28(27)18(31)2/h3-14,18,22,25,30H,15-16H2,1-2H3. The number of imide groups is 1. The fraction of sp³-hybridized carbons (Fsp3) is 0.241. The first-order chi connectivity index (χ1) is 17.8. The molecule has 8 heteroatoms. The van der Waals surface area contributed by atoms with Gasteiger partial charge in [-0.2, -0.15) is 0 Å². The molecule has 6 rings (SSSR count). The number of nitrogens with one attached hydrogen (secondary N) is 1. The van der Waals surface area contributed by atoms with E-state index >= 15 is 0 Å². The summed E-state index contributed by atoms with van der Waals surface area (Å²) in [6, 6.07) is 22.0. The Labute approximate surface area is 213 Å². The number of nitrogens with zero attached hydrogens (tertiary/aromatic N) is 3. The van der Waals surface area contributed by atoms with Crippen LogP contribution in [0.15, 0.2) is 72.8 Å². The Morgan fingerprint density at radius 1 is 1.00 bits per heavy atom. The first kappa shape index (κ1) is 23.1. The molecule has 2 amide bonds. The van der Waals surface area contributed by atoms with Gasteiger partial charge < -0.3 is 4.98 Å².